The number of carbonyl (C=O) groups is 1. The number of hydrogen-bond acceptors (Lipinski definition) is 4. The smallest absolute Gasteiger partial charge is 0.256 e. The second kappa shape index (κ2) is 7.03. The van der Waals surface area contributed by atoms with Crippen molar-refractivity contribution in [3.05, 3.63) is 69.5 Å². The molecule has 4 rings (SSSR count). The molecule has 6 nitrogen and oxygen atoms in total. The van der Waals surface area contributed by atoms with Crippen LogP contribution in [0.25, 0.3) is 10.9 Å². The SMILES string of the molecule is COc1cc2c3c(c(=O)n(C)c2cc1OC)CN(C(=O)c1ccccc1)CC3. The molecule has 3 aromatic rings. The van der Waals surface area contributed by atoms with Crippen molar-refractivity contribution in [2.75, 3.05) is 20.8 Å². The van der Waals surface area contributed by atoms with E-state index in [-0.39, 0.29) is 11.5 Å². The number of fused-ring (bicyclic) bond motifs is 3. The molecule has 0 N–H and O–H groups in total. The van der Waals surface area contributed by atoms with Crippen LogP contribution in [0.3, 0.4) is 0 Å². The number of aromatic nitrogens is 1. The standard InChI is InChI=1S/C22H22N2O4/c1-23-18-12-20(28-3)19(27-2)11-16(18)15-9-10-24(13-17(15)22(23)26)21(25)14-7-5-4-6-8-14/h4-8,11-12H,9-10,13H2,1-3H3. The molecule has 1 aliphatic rings. The van der Waals surface area contributed by atoms with Gasteiger partial charge >= 0.3 is 0 Å². The van der Waals surface area contributed by atoms with Crippen LogP contribution < -0.4 is 15.0 Å². The number of pyridine rings is 1. The molecule has 0 atom stereocenters. The van der Waals surface area contributed by atoms with Gasteiger partial charge in [0.2, 0.25) is 0 Å². The Morgan fingerprint density at radius 2 is 1.68 bits per heavy atom. The number of carbonyl (C=O) groups excluding carboxylic acids is 1. The Bertz CT molecular complexity index is 1120. The van der Waals surface area contributed by atoms with Crippen molar-refractivity contribution in [1.29, 1.82) is 0 Å². The monoisotopic (exact) mass is 378 g/mol. The number of nitrogens with zero attached hydrogens (tertiary/aromatic N) is 2. The molecule has 28 heavy (non-hydrogen) atoms. The first-order valence-corrected chi connectivity index (χ1v) is 9.16. The van der Waals surface area contributed by atoms with Crippen molar-refractivity contribution in [3.8, 4) is 11.5 Å². The van der Waals surface area contributed by atoms with Gasteiger partial charge in [-0.1, -0.05) is 18.2 Å². The summed E-state index contributed by atoms with van der Waals surface area (Å²) in [6.07, 6.45) is 0.621. The summed E-state index contributed by atoms with van der Waals surface area (Å²) in [5, 5.41) is 0.960. The number of methoxy groups -OCH3 is 2. The molecule has 0 saturated heterocycles. The lowest BCUT2D eigenvalue weighted by atomic mass is 9.95. The molecule has 0 saturated carbocycles. The van der Waals surface area contributed by atoms with Crippen molar-refractivity contribution in [2.24, 2.45) is 7.05 Å². The van der Waals surface area contributed by atoms with Crippen molar-refractivity contribution in [3.63, 3.8) is 0 Å². The third kappa shape index (κ3) is 2.81. The summed E-state index contributed by atoms with van der Waals surface area (Å²) in [5.41, 5.74) is 2.99. The highest BCUT2D eigenvalue weighted by molar-refractivity contribution is 5.95. The topological polar surface area (TPSA) is 60.8 Å². The van der Waals surface area contributed by atoms with E-state index >= 15 is 0 Å². The molecule has 0 spiro atoms. The maximum Gasteiger partial charge on any atom is 0.256 e. The van der Waals surface area contributed by atoms with Crippen molar-refractivity contribution in [2.45, 2.75) is 13.0 Å². The fourth-order valence-corrected chi connectivity index (χ4v) is 3.89. The van der Waals surface area contributed by atoms with E-state index in [0.29, 0.717) is 42.1 Å². The van der Waals surface area contributed by atoms with E-state index in [1.54, 1.807) is 42.9 Å². The largest absolute Gasteiger partial charge is 0.493 e. The lowest BCUT2D eigenvalue weighted by Gasteiger charge is -2.30. The molecule has 0 aliphatic carbocycles. The highest BCUT2D eigenvalue weighted by atomic mass is 16.5. The summed E-state index contributed by atoms with van der Waals surface area (Å²) in [5.74, 6) is 1.15. The van der Waals surface area contributed by atoms with Gasteiger partial charge in [0.1, 0.15) is 0 Å². The first-order chi connectivity index (χ1) is 13.5. The quantitative estimate of drug-likeness (QED) is 0.703. The number of amides is 1. The molecule has 2 aromatic carbocycles. The lowest BCUT2D eigenvalue weighted by Crippen LogP contribution is -2.40. The van der Waals surface area contributed by atoms with Crippen molar-refractivity contribution >= 4 is 16.8 Å². The summed E-state index contributed by atoms with van der Waals surface area (Å²) in [6, 6.07) is 12.9. The molecule has 1 aromatic heterocycles. The normalized spacial score (nSPS) is 13.3. The van der Waals surface area contributed by atoms with Gasteiger partial charge in [0, 0.05) is 36.2 Å². The molecule has 0 unspecified atom stereocenters. The summed E-state index contributed by atoms with van der Waals surface area (Å²) in [6.45, 7) is 0.872. The summed E-state index contributed by atoms with van der Waals surface area (Å²) in [7, 11) is 4.92. The van der Waals surface area contributed by atoms with Crippen LogP contribution in [0.1, 0.15) is 21.5 Å². The molecular formula is C22H22N2O4. The van der Waals surface area contributed by atoms with Crippen molar-refractivity contribution < 1.29 is 14.3 Å². The molecule has 2 heterocycles. The predicted molar refractivity (Wildman–Crippen MR) is 107 cm³/mol. The van der Waals surface area contributed by atoms with Crippen LogP contribution in [-0.2, 0) is 20.0 Å². The van der Waals surface area contributed by atoms with Gasteiger partial charge in [-0.25, -0.2) is 0 Å². The Balaban J connectivity index is 1.82. The van der Waals surface area contributed by atoms with Gasteiger partial charge in [-0.2, -0.15) is 0 Å². The van der Waals surface area contributed by atoms with E-state index in [0.717, 1.165) is 16.5 Å². The van der Waals surface area contributed by atoms with Crippen LogP contribution >= 0.6 is 0 Å². The number of hydrogen-bond donors (Lipinski definition) is 0. The van der Waals surface area contributed by atoms with E-state index in [9.17, 15) is 9.59 Å². The van der Waals surface area contributed by atoms with Crippen LogP contribution in [0.4, 0.5) is 0 Å². The van der Waals surface area contributed by atoms with Crippen LogP contribution in [0.2, 0.25) is 0 Å². The third-order valence-corrected chi connectivity index (χ3v) is 5.40. The second-order valence-corrected chi connectivity index (χ2v) is 6.89. The third-order valence-electron chi connectivity index (χ3n) is 5.40. The maximum atomic E-state index is 13.0. The van der Waals surface area contributed by atoms with Gasteiger partial charge in [0.15, 0.2) is 11.5 Å². The zero-order chi connectivity index (χ0) is 19.8. The minimum atomic E-state index is -0.0831. The second-order valence-electron chi connectivity index (χ2n) is 6.89. The fraction of sp³-hybridized carbons (Fsp3) is 0.273. The first-order valence-electron chi connectivity index (χ1n) is 9.16. The minimum Gasteiger partial charge on any atom is -0.493 e. The van der Waals surface area contributed by atoms with Gasteiger partial charge in [0.25, 0.3) is 11.5 Å². The number of ether oxygens (including phenoxy) is 2. The van der Waals surface area contributed by atoms with Gasteiger partial charge < -0.3 is 18.9 Å². The molecule has 1 amide bonds. The first kappa shape index (κ1) is 18.1. The van der Waals surface area contributed by atoms with E-state index in [1.807, 2.05) is 30.3 Å². The Hall–Kier alpha value is -3.28. The molecule has 144 valence electrons. The Kier molecular flexibility index (Phi) is 4.55. The fourth-order valence-electron chi connectivity index (χ4n) is 3.89. The predicted octanol–water partition coefficient (Wildman–Crippen LogP) is 2.75. The molecule has 6 heteroatoms. The lowest BCUT2D eigenvalue weighted by molar-refractivity contribution is 0.0734. The van der Waals surface area contributed by atoms with E-state index in [2.05, 4.69) is 0 Å². The molecule has 0 radical (unpaired) electrons. The molecule has 0 fully saturated rings. The van der Waals surface area contributed by atoms with Crippen molar-refractivity contribution in [1.82, 2.24) is 9.47 Å². The van der Waals surface area contributed by atoms with E-state index in [1.165, 1.54) is 0 Å². The Morgan fingerprint density at radius 1 is 1.00 bits per heavy atom. The zero-order valence-electron chi connectivity index (χ0n) is 16.2. The van der Waals surface area contributed by atoms with Gasteiger partial charge in [-0.3, -0.25) is 9.59 Å². The highest BCUT2D eigenvalue weighted by Crippen LogP contribution is 2.35. The molecule has 1 aliphatic heterocycles. The zero-order valence-corrected chi connectivity index (χ0v) is 16.2. The number of benzene rings is 2. The number of rotatable bonds is 3. The summed E-state index contributed by atoms with van der Waals surface area (Å²) in [4.78, 5) is 27.6. The number of aryl methyl sites for hydroxylation is 1. The van der Waals surface area contributed by atoms with Crippen LogP contribution in [0.15, 0.2) is 47.3 Å². The minimum absolute atomic E-state index is 0.0549. The van der Waals surface area contributed by atoms with E-state index < -0.39 is 0 Å². The Labute approximate surface area is 162 Å². The van der Waals surface area contributed by atoms with Gasteiger partial charge in [0.05, 0.1) is 26.3 Å². The van der Waals surface area contributed by atoms with Gasteiger partial charge in [-0.15, -0.1) is 0 Å². The molecular weight excluding hydrogens is 356 g/mol. The average Bonchev–Trinajstić information content (AvgIpc) is 2.76. The highest BCUT2D eigenvalue weighted by Gasteiger charge is 2.27. The van der Waals surface area contributed by atoms with Crippen LogP contribution in [0.5, 0.6) is 11.5 Å². The molecule has 0 bridgehead atoms. The van der Waals surface area contributed by atoms with Gasteiger partial charge in [-0.05, 0) is 30.2 Å². The summed E-state index contributed by atoms with van der Waals surface area (Å²) < 4.78 is 12.5. The Morgan fingerprint density at radius 3 is 2.36 bits per heavy atom. The summed E-state index contributed by atoms with van der Waals surface area (Å²) >= 11 is 0. The maximum absolute atomic E-state index is 13.0. The van der Waals surface area contributed by atoms with E-state index in [4.69, 9.17) is 9.47 Å². The average molecular weight is 378 g/mol. The van der Waals surface area contributed by atoms with Crippen LogP contribution in [0, 0.1) is 0 Å². The van der Waals surface area contributed by atoms with Crippen LogP contribution in [-0.4, -0.2) is 36.1 Å².